The predicted molar refractivity (Wildman–Crippen MR) is 106 cm³/mol. The average Bonchev–Trinajstić information content (AvgIpc) is 3.12. The number of anilines is 1. The zero-order chi connectivity index (χ0) is 18.8. The number of aromatic nitrogens is 3. The van der Waals surface area contributed by atoms with Crippen molar-refractivity contribution in [3.8, 4) is 11.4 Å². The summed E-state index contributed by atoms with van der Waals surface area (Å²) >= 11 is 0. The van der Waals surface area contributed by atoms with E-state index < -0.39 is 6.17 Å². The number of alkyl halides is 1. The molecule has 4 rings (SSSR count). The Morgan fingerprint density at radius 1 is 1.37 bits per heavy atom. The van der Waals surface area contributed by atoms with Gasteiger partial charge < -0.3 is 16.0 Å². The molecule has 3 aromatic rings. The van der Waals surface area contributed by atoms with Crippen molar-refractivity contribution >= 4 is 17.2 Å². The summed E-state index contributed by atoms with van der Waals surface area (Å²) in [6.07, 6.45) is 3.41. The molecule has 0 radical (unpaired) electrons. The number of halogens is 1. The van der Waals surface area contributed by atoms with Crippen LogP contribution in [0.15, 0.2) is 49.3 Å². The van der Waals surface area contributed by atoms with Crippen molar-refractivity contribution in [1.29, 1.82) is 0 Å². The molecule has 4 heterocycles. The first-order valence-electron chi connectivity index (χ1n) is 9.08. The van der Waals surface area contributed by atoms with Crippen LogP contribution in [-0.2, 0) is 0 Å². The zero-order valence-corrected chi connectivity index (χ0v) is 15.2. The monoisotopic (exact) mass is 366 g/mol. The van der Waals surface area contributed by atoms with Crippen LogP contribution in [0.5, 0.6) is 0 Å². The SMILES string of the molecule is C=C(NC)c1ccn2c(-c3cccc(N[C@H]4CNCC[C@@H]4F)n3)cnc2c1. The Kier molecular flexibility index (Phi) is 4.77. The van der Waals surface area contributed by atoms with Gasteiger partial charge in [0.1, 0.15) is 17.6 Å². The van der Waals surface area contributed by atoms with E-state index in [1.807, 2.05) is 48.0 Å². The highest BCUT2D eigenvalue weighted by molar-refractivity contribution is 5.68. The van der Waals surface area contributed by atoms with E-state index in [1.54, 1.807) is 6.20 Å². The van der Waals surface area contributed by atoms with Gasteiger partial charge in [-0.2, -0.15) is 0 Å². The van der Waals surface area contributed by atoms with Gasteiger partial charge in [-0.15, -0.1) is 0 Å². The Morgan fingerprint density at radius 2 is 2.26 bits per heavy atom. The largest absolute Gasteiger partial charge is 0.388 e. The number of fused-ring (bicyclic) bond motifs is 1. The molecule has 1 fully saturated rings. The van der Waals surface area contributed by atoms with Crippen LogP contribution < -0.4 is 16.0 Å². The normalized spacial score (nSPS) is 19.8. The Bertz CT molecular complexity index is 966. The van der Waals surface area contributed by atoms with Crippen LogP contribution in [0, 0.1) is 0 Å². The van der Waals surface area contributed by atoms with Crippen molar-refractivity contribution in [2.24, 2.45) is 0 Å². The Balaban J connectivity index is 1.62. The first-order chi connectivity index (χ1) is 13.2. The molecule has 0 saturated carbocycles. The van der Waals surface area contributed by atoms with Crippen LogP contribution in [0.4, 0.5) is 10.2 Å². The quantitative estimate of drug-likeness (QED) is 0.648. The van der Waals surface area contributed by atoms with Gasteiger partial charge in [0.15, 0.2) is 0 Å². The van der Waals surface area contributed by atoms with Crippen LogP contribution >= 0.6 is 0 Å². The van der Waals surface area contributed by atoms with Crippen molar-refractivity contribution in [3.05, 3.63) is 54.9 Å². The van der Waals surface area contributed by atoms with E-state index in [0.29, 0.717) is 18.8 Å². The standard InChI is InChI=1S/C20H23FN6/c1-13(22-2)14-7-9-27-18(12-24-20(27)10-14)16-4-3-5-19(25-16)26-17-11-23-8-6-15(17)21/h3-5,7,9-10,12,15,17,22-23H,1,6,8,11H2,2H3,(H,25,26)/t15-,17-/m0/s1. The molecule has 1 aliphatic heterocycles. The summed E-state index contributed by atoms with van der Waals surface area (Å²) in [5, 5.41) is 9.48. The number of hydrogen-bond acceptors (Lipinski definition) is 5. The molecule has 0 spiro atoms. The molecule has 1 aliphatic rings. The first-order valence-corrected chi connectivity index (χ1v) is 9.08. The van der Waals surface area contributed by atoms with Gasteiger partial charge in [0.2, 0.25) is 0 Å². The summed E-state index contributed by atoms with van der Waals surface area (Å²) in [5.74, 6) is 0.666. The van der Waals surface area contributed by atoms with Crippen LogP contribution in [0.3, 0.4) is 0 Å². The number of imidazole rings is 1. The van der Waals surface area contributed by atoms with Crippen LogP contribution in [0.1, 0.15) is 12.0 Å². The van der Waals surface area contributed by atoms with Crippen LogP contribution in [0.25, 0.3) is 22.7 Å². The number of piperidine rings is 1. The van der Waals surface area contributed by atoms with Crippen molar-refractivity contribution in [1.82, 2.24) is 25.0 Å². The van der Waals surface area contributed by atoms with Gasteiger partial charge in [0.05, 0.1) is 23.6 Å². The van der Waals surface area contributed by atoms with E-state index in [0.717, 1.165) is 34.8 Å². The minimum atomic E-state index is -0.869. The second-order valence-corrected chi connectivity index (χ2v) is 6.68. The van der Waals surface area contributed by atoms with Gasteiger partial charge >= 0.3 is 0 Å². The van der Waals surface area contributed by atoms with Gasteiger partial charge in [-0.05, 0) is 37.2 Å². The molecule has 140 valence electrons. The predicted octanol–water partition coefficient (Wildman–Crippen LogP) is 2.70. The highest BCUT2D eigenvalue weighted by atomic mass is 19.1. The number of nitrogens with zero attached hydrogens (tertiary/aromatic N) is 3. The number of pyridine rings is 2. The highest BCUT2D eigenvalue weighted by Gasteiger charge is 2.24. The fraction of sp³-hybridized carbons (Fsp3) is 0.300. The Hall–Kier alpha value is -2.93. The van der Waals surface area contributed by atoms with E-state index in [9.17, 15) is 4.39 Å². The van der Waals surface area contributed by atoms with E-state index in [4.69, 9.17) is 0 Å². The minimum absolute atomic E-state index is 0.265. The lowest BCUT2D eigenvalue weighted by Gasteiger charge is -2.28. The van der Waals surface area contributed by atoms with Crippen LogP contribution in [-0.4, -0.2) is 46.7 Å². The third-order valence-electron chi connectivity index (χ3n) is 4.91. The van der Waals surface area contributed by atoms with Gasteiger partial charge in [-0.1, -0.05) is 12.6 Å². The zero-order valence-electron chi connectivity index (χ0n) is 15.2. The average molecular weight is 366 g/mol. The van der Waals surface area contributed by atoms with Gasteiger partial charge in [0, 0.05) is 31.0 Å². The number of hydrogen-bond donors (Lipinski definition) is 3. The van der Waals surface area contributed by atoms with Crippen molar-refractivity contribution in [2.75, 3.05) is 25.5 Å². The molecule has 0 aliphatic carbocycles. The Labute approximate surface area is 157 Å². The third kappa shape index (κ3) is 3.50. The minimum Gasteiger partial charge on any atom is -0.388 e. The van der Waals surface area contributed by atoms with Crippen LogP contribution in [0.2, 0.25) is 0 Å². The van der Waals surface area contributed by atoms with Crippen molar-refractivity contribution in [3.63, 3.8) is 0 Å². The molecule has 3 N–H and O–H groups in total. The summed E-state index contributed by atoms with van der Waals surface area (Å²) in [4.78, 5) is 9.16. The van der Waals surface area contributed by atoms with Gasteiger partial charge in [-0.25, -0.2) is 14.4 Å². The molecule has 0 aromatic carbocycles. The smallest absolute Gasteiger partial charge is 0.137 e. The summed E-state index contributed by atoms with van der Waals surface area (Å²) in [5.41, 5.74) is 4.32. The van der Waals surface area contributed by atoms with E-state index >= 15 is 0 Å². The molecule has 0 bridgehead atoms. The lowest BCUT2D eigenvalue weighted by atomic mass is 10.1. The highest BCUT2D eigenvalue weighted by Crippen LogP contribution is 2.23. The summed E-state index contributed by atoms with van der Waals surface area (Å²) in [6.45, 7) is 5.30. The maximum atomic E-state index is 14.1. The fourth-order valence-corrected chi connectivity index (χ4v) is 3.32. The molecule has 1 saturated heterocycles. The van der Waals surface area contributed by atoms with E-state index in [1.165, 1.54) is 0 Å². The second-order valence-electron chi connectivity index (χ2n) is 6.68. The van der Waals surface area contributed by atoms with Gasteiger partial charge in [-0.3, -0.25) is 4.40 Å². The third-order valence-corrected chi connectivity index (χ3v) is 4.91. The molecule has 6 nitrogen and oxygen atoms in total. The number of nitrogens with one attached hydrogen (secondary N) is 3. The number of rotatable bonds is 5. The summed E-state index contributed by atoms with van der Waals surface area (Å²) in [7, 11) is 1.84. The molecule has 2 atom stereocenters. The summed E-state index contributed by atoms with van der Waals surface area (Å²) in [6, 6.07) is 9.42. The topological polar surface area (TPSA) is 66.3 Å². The van der Waals surface area contributed by atoms with Crippen molar-refractivity contribution < 1.29 is 4.39 Å². The molecule has 0 unspecified atom stereocenters. The van der Waals surface area contributed by atoms with E-state index in [-0.39, 0.29) is 6.04 Å². The molecule has 27 heavy (non-hydrogen) atoms. The molecular formula is C20H23FN6. The lowest BCUT2D eigenvalue weighted by molar-refractivity contribution is 0.241. The van der Waals surface area contributed by atoms with Gasteiger partial charge in [0.25, 0.3) is 0 Å². The lowest BCUT2D eigenvalue weighted by Crippen LogP contribution is -2.46. The second kappa shape index (κ2) is 7.36. The molecular weight excluding hydrogens is 343 g/mol. The molecule has 3 aromatic heterocycles. The summed E-state index contributed by atoms with van der Waals surface area (Å²) < 4.78 is 16.1. The maximum Gasteiger partial charge on any atom is 0.137 e. The molecule has 0 amide bonds. The van der Waals surface area contributed by atoms with E-state index in [2.05, 4.69) is 32.5 Å². The maximum absolute atomic E-state index is 14.1. The van der Waals surface area contributed by atoms with Crippen molar-refractivity contribution in [2.45, 2.75) is 18.6 Å². The fourth-order valence-electron chi connectivity index (χ4n) is 3.32. The Morgan fingerprint density at radius 3 is 3.07 bits per heavy atom. The first kappa shape index (κ1) is 17.5. The molecule has 7 heteroatoms.